The van der Waals surface area contributed by atoms with Crippen molar-refractivity contribution < 1.29 is 14.7 Å². The summed E-state index contributed by atoms with van der Waals surface area (Å²) in [4.78, 5) is 23.8. The number of hydrogen-bond acceptors (Lipinski definition) is 3. The Morgan fingerprint density at radius 3 is 2.29 bits per heavy atom. The van der Waals surface area contributed by atoms with Crippen molar-refractivity contribution in [3.8, 4) is 5.75 Å². The lowest BCUT2D eigenvalue weighted by Gasteiger charge is -2.14. The first-order valence-corrected chi connectivity index (χ1v) is 8.67. The van der Waals surface area contributed by atoms with Crippen molar-refractivity contribution >= 4 is 33.4 Å². The van der Waals surface area contributed by atoms with E-state index in [0.717, 1.165) is 5.56 Å². The molecular formula is C18H19BrN2O3. The Hall–Kier alpha value is -2.34. The molecule has 3 N–H and O–H groups in total. The van der Waals surface area contributed by atoms with Gasteiger partial charge in [-0.2, -0.15) is 0 Å². The van der Waals surface area contributed by atoms with E-state index in [0.29, 0.717) is 23.0 Å². The molecule has 5 nitrogen and oxygen atoms in total. The van der Waals surface area contributed by atoms with Gasteiger partial charge >= 0.3 is 0 Å². The number of carbonyl (C=O) groups excluding carboxylic acids is 2. The summed E-state index contributed by atoms with van der Waals surface area (Å²) in [7, 11) is 0. The van der Waals surface area contributed by atoms with Gasteiger partial charge in [0.05, 0.1) is 6.04 Å². The number of phenolic OH excluding ortho intramolecular Hbond substituents is 1. The van der Waals surface area contributed by atoms with Crippen molar-refractivity contribution in [2.24, 2.45) is 0 Å². The van der Waals surface area contributed by atoms with Crippen LogP contribution in [0.5, 0.6) is 5.75 Å². The summed E-state index contributed by atoms with van der Waals surface area (Å²) in [6, 6.07) is 13.3. The van der Waals surface area contributed by atoms with E-state index in [-0.39, 0.29) is 23.6 Å². The average Bonchev–Trinajstić information content (AvgIpc) is 2.56. The molecule has 0 heterocycles. The summed E-state index contributed by atoms with van der Waals surface area (Å²) < 4.78 is 0. The van der Waals surface area contributed by atoms with Gasteiger partial charge in [-0.3, -0.25) is 9.59 Å². The van der Waals surface area contributed by atoms with Crippen LogP contribution in [0.4, 0.5) is 5.69 Å². The third kappa shape index (κ3) is 5.09. The van der Waals surface area contributed by atoms with E-state index >= 15 is 0 Å². The van der Waals surface area contributed by atoms with Gasteiger partial charge in [-0.05, 0) is 48.9 Å². The molecule has 1 unspecified atom stereocenters. The van der Waals surface area contributed by atoms with Crippen molar-refractivity contribution in [1.82, 2.24) is 5.32 Å². The first kappa shape index (κ1) is 18.0. The minimum atomic E-state index is -0.200. The van der Waals surface area contributed by atoms with Crippen LogP contribution in [0, 0.1) is 0 Å². The molecule has 2 amide bonds. The van der Waals surface area contributed by atoms with Crippen molar-refractivity contribution in [3.63, 3.8) is 0 Å². The Morgan fingerprint density at radius 2 is 1.71 bits per heavy atom. The molecule has 0 aliphatic carbocycles. The number of hydrogen-bond donors (Lipinski definition) is 3. The second-order valence-corrected chi connectivity index (χ2v) is 6.14. The number of aromatic hydroxyl groups is 1. The van der Waals surface area contributed by atoms with Crippen LogP contribution >= 0.6 is 15.9 Å². The smallest absolute Gasteiger partial charge is 0.251 e. The first-order chi connectivity index (χ1) is 11.5. The fourth-order valence-electron chi connectivity index (χ4n) is 2.14. The minimum absolute atomic E-state index is 0.0787. The molecule has 2 aromatic carbocycles. The molecule has 0 saturated carbocycles. The minimum Gasteiger partial charge on any atom is -0.508 e. The Balaban J connectivity index is 1.97. The number of carbonyl (C=O) groups is 2. The zero-order valence-corrected chi connectivity index (χ0v) is 14.8. The maximum atomic E-state index is 12.3. The van der Waals surface area contributed by atoms with Gasteiger partial charge in [-0.1, -0.05) is 28.1 Å². The second-order valence-electron chi connectivity index (χ2n) is 5.35. The number of alkyl halides is 1. The second kappa shape index (κ2) is 8.49. The zero-order chi connectivity index (χ0) is 17.5. The molecule has 0 radical (unpaired) electrons. The van der Waals surface area contributed by atoms with Gasteiger partial charge in [0.2, 0.25) is 5.91 Å². The third-order valence-electron chi connectivity index (χ3n) is 3.49. The number of nitrogens with one attached hydrogen (secondary N) is 2. The maximum Gasteiger partial charge on any atom is 0.251 e. The highest BCUT2D eigenvalue weighted by atomic mass is 79.9. The molecule has 0 aromatic heterocycles. The van der Waals surface area contributed by atoms with E-state index in [1.165, 1.54) is 0 Å². The molecule has 2 aromatic rings. The molecule has 0 fully saturated rings. The quantitative estimate of drug-likeness (QED) is 0.659. The van der Waals surface area contributed by atoms with Crippen molar-refractivity contribution in [3.05, 3.63) is 59.7 Å². The average molecular weight is 391 g/mol. The van der Waals surface area contributed by atoms with Crippen LogP contribution in [0.25, 0.3) is 0 Å². The van der Waals surface area contributed by atoms with Gasteiger partial charge in [0, 0.05) is 23.0 Å². The van der Waals surface area contributed by atoms with E-state index < -0.39 is 0 Å². The summed E-state index contributed by atoms with van der Waals surface area (Å²) in [5.41, 5.74) is 2.07. The van der Waals surface area contributed by atoms with Crippen molar-refractivity contribution in [2.45, 2.75) is 19.4 Å². The summed E-state index contributed by atoms with van der Waals surface area (Å²) in [5, 5.41) is 15.6. The largest absolute Gasteiger partial charge is 0.508 e. The molecule has 0 aliphatic rings. The fourth-order valence-corrected chi connectivity index (χ4v) is 2.50. The number of anilines is 1. The molecule has 1 atom stereocenters. The highest BCUT2D eigenvalue weighted by molar-refractivity contribution is 9.09. The predicted octanol–water partition coefficient (Wildman–Crippen LogP) is 3.61. The molecule has 126 valence electrons. The lowest BCUT2D eigenvalue weighted by atomic mass is 10.1. The Bertz CT molecular complexity index is 699. The van der Waals surface area contributed by atoms with Crippen molar-refractivity contribution in [2.75, 3.05) is 10.6 Å². The number of amides is 2. The highest BCUT2D eigenvalue weighted by Gasteiger charge is 2.11. The lowest BCUT2D eigenvalue weighted by molar-refractivity contribution is -0.115. The van der Waals surface area contributed by atoms with Gasteiger partial charge in [0.15, 0.2) is 0 Å². The number of rotatable bonds is 6. The van der Waals surface area contributed by atoms with Crippen LogP contribution in [0.3, 0.4) is 0 Å². The van der Waals surface area contributed by atoms with E-state index in [1.54, 1.807) is 48.5 Å². The lowest BCUT2D eigenvalue weighted by Crippen LogP contribution is -2.26. The molecule has 24 heavy (non-hydrogen) atoms. The van der Waals surface area contributed by atoms with Gasteiger partial charge in [-0.25, -0.2) is 0 Å². The summed E-state index contributed by atoms with van der Waals surface area (Å²) in [6.45, 7) is 1.87. The number of halogens is 1. The molecule has 0 aliphatic heterocycles. The summed E-state index contributed by atoms with van der Waals surface area (Å²) >= 11 is 3.21. The molecule has 0 bridgehead atoms. The molecule has 2 rings (SSSR count). The standard InChI is InChI=1S/C18H19BrN2O3/c1-12(13-4-8-16(22)9-5-13)20-18(24)14-2-6-15(7-3-14)21-17(23)10-11-19/h2-9,12,22H,10-11H2,1H3,(H,20,24)(H,21,23). The van der Waals surface area contributed by atoms with E-state index in [1.807, 2.05) is 6.92 Å². The Labute approximate surface area is 149 Å². The van der Waals surface area contributed by atoms with E-state index in [4.69, 9.17) is 0 Å². The SMILES string of the molecule is CC(NC(=O)c1ccc(NC(=O)CCBr)cc1)c1ccc(O)cc1. The van der Waals surface area contributed by atoms with Crippen LogP contribution in [0.2, 0.25) is 0 Å². The summed E-state index contributed by atoms with van der Waals surface area (Å²) in [6.07, 6.45) is 0.395. The van der Waals surface area contributed by atoms with E-state index in [2.05, 4.69) is 26.6 Å². The highest BCUT2D eigenvalue weighted by Crippen LogP contribution is 2.17. The van der Waals surface area contributed by atoms with Crippen LogP contribution < -0.4 is 10.6 Å². The topological polar surface area (TPSA) is 78.4 Å². The zero-order valence-electron chi connectivity index (χ0n) is 13.3. The van der Waals surface area contributed by atoms with Crippen LogP contribution in [0.15, 0.2) is 48.5 Å². The van der Waals surface area contributed by atoms with Gasteiger partial charge in [-0.15, -0.1) is 0 Å². The Morgan fingerprint density at radius 1 is 1.08 bits per heavy atom. The monoisotopic (exact) mass is 390 g/mol. The number of benzene rings is 2. The van der Waals surface area contributed by atoms with Gasteiger partial charge in [0.1, 0.15) is 5.75 Å². The normalized spacial score (nSPS) is 11.6. The van der Waals surface area contributed by atoms with Gasteiger partial charge in [0.25, 0.3) is 5.91 Å². The Kier molecular flexibility index (Phi) is 6.37. The molecule has 6 heteroatoms. The molecule has 0 saturated heterocycles. The fraction of sp³-hybridized carbons (Fsp3) is 0.222. The summed E-state index contributed by atoms with van der Waals surface area (Å²) in [5.74, 6) is -0.0891. The maximum absolute atomic E-state index is 12.3. The van der Waals surface area contributed by atoms with Crippen LogP contribution in [0.1, 0.15) is 35.3 Å². The van der Waals surface area contributed by atoms with E-state index in [9.17, 15) is 14.7 Å². The van der Waals surface area contributed by atoms with Crippen LogP contribution in [-0.2, 0) is 4.79 Å². The predicted molar refractivity (Wildman–Crippen MR) is 97.5 cm³/mol. The van der Waals surface area contributed by atoms with Crippen molar-refractivity contribution in [1.29, 1.82) is 0 Å². The third-order valence-corrected chi connectivity index (χ3v) is 3.89. The first-order valence-electron chi connectivity index (χ1n) is 7.55. The van der Waals surface area contributed by atoms with Crippen LogP contribution in [-0.4, -0.2) is 22.3 Å². The number of phenols is 1. The van der Waals surface area contributed by atoms with Gasteiger partial charge < -0.3 is 15.7 Å². The molecular weight excluding hydrogens is 372 g/mol. The molecule has 0 spiro atoms.